The average molecular weight is 183 g/mol. The van der Waals surface area contributed by atoms with Gasteiger partial charge in [0.05, 0.1) is 0 Å². The zero-order valence-corrected chi connectivity index (χ0v) is 8.75. The largest absolute Gasteiger partial charge is 0.314 e. The smallest absolute Gasteiger partial charge is 0.123 e. The van der Waals surface area contributed by atoms with E-state index in [9.17, 15) is 4.79 Å². The maximum atomic E-state index is 10.5. The van der Waals surface area contributed by atoms with E-state index in [4.69, 9.17) is 0 Å². The number of aldehydes is 1. The fourth-order valence-electron chi connectivity index (χ4n) is 1.93. The molecule has 1 fully saturated rings. The zero-order valence-electron chi connectivity index (χ0n) is 8.75. The molecule has 0 heterocycles. The molecule has 1 rings (SSSR count). The Morgan fingerprint density at radius 1 is 1.31 bits per heavy atom. The van der Waals surface area contributed by atoms with Crippen molar-refractivity contribution in [3.8, 4) is 0 Å². The van der Waals surface area contributed by atoms with Crippen LogP contribution in [0.5, 0.6) is 0 Å². The van der Waals surface area contributed by atoms with Gasteiger partial charge in [-0.3, -0.25) is 0 Å². The molecule has 2 heteroatoms. The van der Waals surface area contributed by atoms with Gasteiger partial charge in [-0.05, 0) is 38.1 Å². The number of carbonyl (C=O) groups excluding carboxylic acids is 1. The second-order valence-corrected chi connectivity index (χ2v) is 4.48. The number of hydrogen-bond donors (Lipinski definition) is 1. The Hall–Kier alpha value is -0.370. The maximum Gasteiger partial charge on any atom is 0.123 e. The zero-order chi connectivity index (χ0) is 9.68. The van der Waals surface area contributed by atoms with Crippen LogP contribution in [0.25, 0.3) is 0 Å². The second kappa shape index (κ2) is 5.38. The first-order chi connectivity index (χ1) is 6.22. The second-order valence-electron chi connectivity index (χ2n) is 4.48. The van der Waals surface area contributed by atoms with Crippen LogP contribution in [0.2, 0.25) is 0 Å². The lowest BCUT2D eigenvalue weighted by Crippen LogP contribution is -2.31. The standard InChI is InChI=1S/C11H21NO/c1-9(2)12-7-10-3-5-11(8-13)6-4-10/h8-12H,3-7H2,1-2H3. The fourth-order valence-corrected chi connectivity index (χ4v) is 1.93. The average Bonchev–Trinajstić information content (AvgIpc) is 2.15. The number of hydrogen-bond acceptors (Lipinski definition) is 2. The highest BCUT2D eigenvalue weighted by molar-refractivity contribution is 5.53. The lowest BCUT2D eigenvalue weighted by Gasteiger charge is -2.26. The molecule has 0 spiro atoms. The topological polar surface area (TPSA) is 29.1 Å². The molecule has 1 aliphatic rings. The predicted octanol–water partition coefficient (Wildman–Crippen LogP) is 1.99. The van der Waals surface area contributed by atoms with E-state index in [0.717, 1.165) is 31.6 Å². The lowest BCUT2D eigenvalue weighted by atomic mass is 9.83. The summed E-state index contributed by atoms with van der Waals surface area (Å²) in [7, 11) is 0. The van der Waals surface area contributed by atoms with E-state index in [-0.39, 0.29) is 0 Å². The minimum atomic E-state index is 0.357. The summed E-state index contributed by atoms with van der Waals surface area (Å²) in [6, 6.07) is 0.587. The van der Waals surface area contributed by atoms with E-state index >= 15 is 0 Å². The first kappa shape index (κ1) is 10.7. The van der Waals surface area contributed by atoms with Crippen LogP contribution >= 0.6 is 0 Å². The molecule has 1 N–H and O–H groups in total. The van der Waals surface area contributed by atoms with E-state index in [1.807, 2.05) is 0 Å². The first-order valence-corrected chi connectivity index (χ1v) is 5.41. The molecule has 0 bridgehead atoms. The summed E-state index contributed by atoms with van der Waals surface area (Å²) in [6.07, 6.45) is 5.79. The molecule has 0 aromatic rings. The Kier molecular flexibility index (Phi) is 4.43. The summed E-state index contributed by atoms with van der Waals surface area (Å²) >= 11 is 0. The van der Waals surface area contributed by atoms with Gasteiger partial charge in [-0.2, -0.15) is 0 Å². The first-order valence-electron chi connectivity index (χ1n) is 5.41. The van der Waals surface area contributed by atoms with Crippen LogP contribution in [-0.4, -0.2) is 18.9 Å². The highest BCUT2D eigenvalue weighted by Crippen LogP contribution is 2.26. The quantitative estimate of drug-likeness (QED) is 0.675. The van der Waals surface area contributed by atoms with E-state index in [1.165, 1.54) is 12.8 Å². The highest BCUT2D eigenvalue weighted by Gasteiger charge is 2.20. The number of rotatable bonds is 4. The number of nitrogens with one attached hydrogen (secondary N) is 1. The monoisotopic (exact) mass is 183 g/mol. The van der Waals surface area contributed by atoms with Gasteiger partial charge < -0.3 is 10.1 Å². The van der Waals surface area contributed by atoms with Crippen LogP contribution in [0.15, 0.2) is 0 Å². The molecule has 0 atom stereocenters. The van der Waals surface area contributed by atoms with E-state index in [0.29, 0.717) is 12.0 Å². The molecule has 0 unspecified atom stereocenters. The van der Waals surface area contributed by atoms with Crippen molar-refractivity contribution in [1.29, 1.82) is 0 Å². The summed E-state index contributed by atoms with van der Waals surface area (Å²) in [5, 5.41) is 3.46. The van der Waals surface area contributed by atoms with Crippen molar-refractivity contribution in [3.05, 3.63) is 0 Å². The Bertz CT molecular complexity index is 148. The molecule has 1 saturated carbocycles. The van der Waals surface area contributed by atoms with E-state index in [2.05, 4.69) is 19.2 Å². The van der Waals surface area contributed by atoms with Gasteiger partial charge in [0.25, 0.3) is 0 Å². The van der Waals surface area contributed by atoms with Crippen LogP contribution < -0.4 is 5.32 Å². The summed E-state index contributed by atoms with van der Waals surface area (Å²) in [6.45, 7) is 5.48. The molecule has 1 aliphatic carbocycles. The molecular formula is C11H21NO. The van der Waals surface area contributed by atoms with Crippen LogP contribution in [0.3, 0.4) is 0 Å². The third-order valence-corrected chi connectivity index (χ3v) is 2.90. The predicted molar refractivity (Wildman–Crippen MR) is 54.7 cm³/mol. The van der Waals surface area contributed by atoms with Gasteiger partial charge in [-0.1, -0.05) is 13.8 Å². The maximum absolute atomic E-state index is 10.5. The summed E-state index contributed by atoms with van der Waals surface area (Å²) in [5.41, 5.74) is 0. The normalized spacial score (nSPS) is 29.2. The summed E-state index contributed by atoms with van der Waals surface area (Å²) in [5.74, 6) is 1.16. The van der Waals surface area contributed by atoms with Gasteiger partial charge in [0.1, 0.15) is 6.29 Å². The third kappa shape index (κ3) is 3.90. The van der Waals surface area contributed by atoms with Crippen molar-refractivity contribution in [3.63, 3.8) is 0 Å². The lowest BCUT2D eigenvalue weighted by molar-refractivity contribution is -0.112. The third-order valence-electron chi connectivity index (χ3n) is 2.90. The Balaban J connectivity index is 2.14. The molecule has 0 aromatic heterocycles. The Morgan fingerprint density at radius 2 is 1.92 bits per heavy atom. The van der Waals surface area contributed by atoms with Crippen molar-refractivity contribution in [2.75, 3.05) is 6.54 Å². The molecule has 13 heavy (non-hydrogen) atoms. The van der Waals surface area contributed by atoms with Crippen LogP contribution in [0, 0.1) is 11.8 Å². The van der Waals surface area contributed by atoms with Crippen LogP contribution in [0.1, 0.15) is 39.5 Å². The van der Waals surface area contributed by atoms with Crippen molar-refractivity contribution in [1.82, 2.24) is 5.32 Å². The van der Waals surface area contributed by atoms with Crippen molar-refractivity contribution < 1.29 is 4.79 Å². The van der Waals surface area contributed by atoms with Gasteiger partial charge in [0.15, 0.2) is 0 Å². The van der Waals surface area contributed by atoms with Crippen molar-refractivity contribution in [2.24, 2.45) is 11.8 Å². The van der Waals surface area contributed by atoms with Gasteiger partial charge in [-0.15, -0.1) is 0 Å². The van der Waals surface area contributed by atoms with Gasteiger partial charge in [0.2, 0.25) is 0 Å². The fraction of sp³-hybridized carbons (Fsp3) is 0.909. The van der Waals surface area contributed by atoms with Crippen molar-refractivity contribution in [2.45, 2.75) is 45.6 Å². The van der Waals surface area contributed by atoms with E-state index < -0.39 is 0 Å². The molecule has 0 aromatic carbocycles. The summed E-state index contributed by atoms with van der Waals surface area (Å²) < 4.78 is 0. The van der Waals surface area contributed by atoms with Crippen molar-refractivity contribution >= 4 is 6.29 Å². The highest BCUT2D eigenvalue weighted by atomic mass is 16.1. The minimum absolute atomic E-state index is 0.357. The van der Waals surface area contributed by atoms with Gasteiger partial charge >= 0.3 is 0 Å². The molecule has 0 saturated heterocycles. The number of carbonyl (C=O) groups is 1. The molecular weight excluding hydrogens is 162 g/mol. The minimum Gasteiger partial charge on any atom is -0.314 e. The van der Waals surface area contributed by atoms with Gasteiger partial charge in [0, 0.05) is 12.0 Å². The molecule has 0 amide bonds. The molecule has 0 aliphatic heterocycles. The van der Waals surface area contributed by atoms with Crippen LogP contribution in [0.4, 0.5) is 0 Å². The molecule has 2 nitrogen and oxygen atoms in total. The van der Waals surface area contributed by atoms with Crippen LogP contribution in [-0.2, 0) is 4.79 Å². The Labute approximate surface area is 81.1 Å². The van der Waals surface area contributed by atoms with Gasteiger partial charge in [-0.25, -0.2) is 0 Å². The molecule has 0 radical (unpaired) electrons. The summed E-state index contributed by atoms with van der Waals surface area (Å²) in [4.78, 5) is 10.5. The molecule has 76 valence electrons. The SMILES string of the molecule is CC(C)NCC1CCC(C=O)CC1. The Morgan fingerprint density at radius 3 is 2.38 bits per heavy atom. The van der Waals surface area contributed by atoms with E-state index in [1.54, 1.807) is 0 Å².